The number of carbonyl (C=O) groups is 2. The lowest BCUT2D eigenvalue weighted by molar-refractivity contribution is -0.140. The molecule has 0 saturated carbocycles. The van der Waals surface area contributed by atoms with Gasteiger partial charge in [-0.25, -0.2) is 8.42 Å². The second-order valence-corrected chi connectivity index (χ2v) is 11.9. The minimum Gasteiger partial charge on any atom is -0.352 e. The Bertz CT molecular complexity index is 1100. The van der Waals surface area contributed by atoms with Gasteiger partial charge >= 0.3 is 0 Å². The topological polar surface area (TPSA) is 86.8 Å². The molecule has 2 rings (SSSR count). The van der Waals surface area contributed by atoms with Crippen molar-refractivity contribution in [3.63, 3.8) is 0 Å². The molecule has 2 aromatic carbocycles. The Morgan fingerprint density at radius 3 is 2.08 bits per heavy atom. The first-order valence-electron chi connectivity index (χ1n) is 12.4. The maximum atomic E-state index is 13.3. The molecule has 0 fully saturated rings. The summed E-state index contributed by atoms with van der Waals surface area (Å²) >= 11 is 3.42. The van der Waals surface area contributed by atoms with Crippen molar-refractivity contribution < 1.29 is 18.0 Å². The Morgan fingerprint density at radius 1 is 0.972 bits per heavy atom. The summed E-state index contributed by atoms with van der Waals surface area (Å²) in [5.41, 5.74) is 2.61. The number of amides is 2. The summed E-state index contributed by atoms with van der Waals surface area (Å²) in [5.74, 6) is -0.400. The van der Waals surface area contributed by atoms with E-state index in [1.54, 1.807) is 24.0 Å². The number of benzene rings is 2. The number of halogens is 1. The average molecular weight is 581 g/mol. The maximum absolute atomic E-state index is 13.3. The Balaban J connectivity index is 2.16. The number of aryl methyl sites for hydroxylation is 1. The molecule has 2 aromatic rings. The molecule has 0 heterocycles. The molecule has 9 heteroatoms. The summed E-state index contributed by atoms with van der Waals surface area (Å²) in [6.45, 7) is 8.15. The molecule has 1 N–H and O–H groups in total. The smallest absolute Gasteiger partial charge is 0.242 e. The normalized spacial score (nSPS) is 13.1. The van der Waals surface area contributed by atoms with Crippen LogP contribution in [0.5, 0.6) is 0 Å². The predicted molar refractivity (Wildman–Crippen MR) is 149 cm³/mol. The lowest BCUT2D eigenvalue weighted by Crippen LogP contribution is -2.49. The predicted octanol–water partition coefficient (Wildman–Crippen LogP) is 4.89. The van der Waals surface area contributed by atoms with Crippen LogP contribution >= 0.6 is 15.9 Å². The fourth-order valence-electron chi connectivity index (χ4n) is 3.74. The van der Waals surface area contributed by atoms with Crippen LogP contribution in [0.3, 0.4) is 0 Å². The van der Waals surface area contributed by atoms with Gasteiger partial charge in [0.1, 0.15) is 6.04 Å². The molecule has 2 atom stereocenters. The molecule has 0 radical (unpaired) electrons. The summed E-state index contributed by atoms with van der Waals surface area (Å²) < 4.78 is 27.2. The molecule has 0 spiro atoms. The van der Waals surface area contributed by atoms with Crippen LogP contribution in [0.2, 0.25) is 0 Å². The molecule has 36 heavy (non-hydrogen) atoms. The van der Waals surface area contributed by atoms with Gasteiger partial charge in [0.25, 0.3) is 0 Å². The highest BCUT2D eigenvalue weighted by atomic mass is 79.9. The summed E-state index contributed by atoms with van der Waals surface area (Å²) in [5, 5.41) is 2.96. The molecule has 0 unspecified atom stereocenters. The van der Waals surface area contributed by atoms with Crippen molar-refractivity contribution in [1.29, 1.82) is 0 Å². The number of sulfonamides is 1. The molecule has 0 aliphatic heterocycles. The number of hydrogen-bond donors (Lipinski definition) is 1. The minimum absolute atomic E-state index is 0.00648. The van der Waals surface area contributed by atoms with Gasteiger partial charge in [0.05, 0.1) is 11.9 Å². The van der Waals surface area contributed by atoms with E-state index in [1.165, 1.54) is 10.6 Å². The van der Waals surface area contributed by atoms with Gasteiger partial charge in [-0.15, -0.1) is 0 Å². The van der Waals surface area contributed by atoms with Gasteiger partial charge in [-0.05, 0) is 68.5 Å². The van der Waals surface area contributed by atoms with E-state index in [9.17, 15) is 18.0 Å². The van der Waals surface area contributed by atoms with Gasteiger partial charge in [0.2, 0.25) is 21.8 Å². The highest BCUT2D eigenvalue weighted by Gasteiger charge is 2.27. The molecule has 0 aliphatic rings. The Kier molecular flexibility index (Phi) is 11.4. The number of hydrogen-bond acceptors (Lipinski definition) is 4. The largest absolute Gasteiger partial charge is 0.352 e. The van der Waals surface area contributed by atoms with Gasteiger partial charge in [-0.1, -0.05) is 54.0 Å². The zero-order chi connectivity index (χ0) is 26.9. The lowest BCUT2D eigenvalue weighted by atomic mass is 10.1. The van der Waals surface area contributed by atoms with E-state index < -0.39 is 16.1 Å². The van der Waals surface area contributed by atoms with E-state index >= 15 is 0 Å². The third kappa shape index (κ3) is 8.92. The SMILES string of the molecule is CCc1ccc(N(CCCC(=O)N(Cc2ccc(Br)cc2)[C@@H](C)C(=O)N[C@@H](C)CC)S(C)(=O)=O)cc1. The van der Waals surface area contributed by atoms with E-state index in [1.807, 2.05) is 57.2 Å². The van der Waals surface area contributed by atoms with Crippen molar-refractivity contribution in [3.05, 3.63) is 64.1 Å². The van der Waals surface area contributed by atoms with Crippen LogP contribution in [0.15, 0.2) is 53.0 Å². The zero-order valence-electron chi connectivity index (χ0n) is 21.8. The van der Waals surface area contributed by atoms with Crippen molar-refractivity contribution in [2.75, 3.05) is 17.1 Å². The van der Waals surface area contributed by atoms with Crippen LogP contribution in [-0.4, -0.2) is 50.0 Å². The standard InChI is InChI=1S/C27H38BrN3O4S/c1-6-20(3)29-27(33)21(4)30(19-23-10-14-24(28)15-11-23)26(32)9-8-18-31(36(5,34)35)25-16-12-22(7-2)13-17-25/h10-17,20-21H,6-9,18-19H2,1-5H3,(H,29,33)/t20-,21-/m0/s1. The molecule has 198 valence electrons. The van der Waals surface area contributed by atoms with E-state index in [4.69, 9.17) is 0 Å². The molecular weight excluding hydrogens is 542 g/mol. The van der Waals surface area contributed by atoms with Gasteiger partial charge in [0, 0.05) is 30.0 Å². The molecule has 0 bridgehead atoms. The highest BCUT2D eigenvalue weighted by Crippen LogP contribution is 2.20. The number of rotatable bonds is 13. The van der Waals surface area contributed by atoms with Crippen LogP contribution in [0.25, 0.3) is 0 Å². The summed E-state index contributed by atoms with van der Waals surface area (Å²) in [6.07, 6.45) is 3.28. The van der Waals surface area contributed by atoms with Crippen molar-refractivity contribution in [3.8, 4) is 0 Å². The lowest BCUT2D eigenvalue weighted by Gasteiger charge is -2.30. The van der Waals surface area contributed by atoms with Crippen LogP contribution in [0, 0.1) is 0 Å². The second kappa shape index (κ2) is 13.8. The molecule has 7 nitrogen and oxygen atoms in total. The maximum Gasteiger partial charge on any atom is 0.242 e. The van der Waals surface area contributed by atoms with Crippen LogP contribution in [0.4, 0.5) is 5.69 Å². The van der Waals surface area contributed by atoms with Gasteiger partial charge < -0.3 is 10.2 Å². The van der Waals surface area contributed by atoms with Gasteiger partial charge in [-0.2, -0.15) is 0 Å². The molecule has 2 amide bonds. The number of nitrogens with one attached hydrogen (secondary N) is 1. The van der Waals surface area contributed by atoms with E-state index in [0.717, 1.165) is 28.4 Å². The van der Waals surface area contributed by atoms with Gasteiger partial charge in [-0.3, -0.25) is 13.9 Å². The fourth-order valence-corrected chi connectivity index (χ4v) is 4.97. The summed E-state index contributed by atoms with van der Waals surface area (Å²) in [4.78, 5) is 27.8. The first-order valence-corrected chi connectivity index (χ1v) is 15.0. The van der Waals surface area contributed by atoms with Crippen molar-refractivity contribution in [1.82, 2.24) is 10.2 Å². The number of nitrogens with zero attached hydrogens (tertiary/aromatic N) is 2. The Hall–Kier alpha value is -2.39. The monoisotopic (exact) mass is 579 g/mol. The summed E-state index contributed by atoms with van der Waals surface area (Å²) in [7, 11) is -3.51. The van der Waals surface area contributed by atoms with Crippen LogP contribution in [0.1, 0.15) is 58.1 Å². The Labute approximate surface area is 224 Å². The summed E-state index contributed by atoms with van der Waals surface area (Å²) in [6, 6.07) is 14.4. The van der Waals surface area contributed by atoms with Crippen molar-refractivity contribution in [2.24, 2.45) is 0 Å². The Morgan fingerprint density at radius 2 is 1.56 bits per heavy atom. The molecule has 0 aliphatic carbocycles. The molecule has 0 aromatic heterocycles. The van der Waals surface area contributed by atoms with Crippen LogP contribution < -0.4 is 9.62 Å². The fraction of sp³-hybridized carbons (Fsp3) is 0.481. The van der Waals surface area contributed by atoms with Crippen molar-refractivity contribution in [2.45, 2.75) is 72.0 Å². The minimum atomic E-state index is -3.51. The molecular formula is C27H38BrN3O4S. The number of carbonyl (C=O) groups excluding carboxylic acids is 2. The quantitative estimate of drug-likeness (QED) is 0.366. The molecule has 0 saturated heterocycles. The van der Waals surface area contributed by atoms with E-state index in [2.05, 4.69) is 21.2 Å². The zero-order valence-corrected chi connectivity index (χ0v) is 24.2. The second-order valence-electron chi connectivity index (χ2n) is 9.10. The third-order valence-electron chi connectivity index (χ3n) is 6.22. The first-order chi connectivity index (χ1) is 17.0. The highest BCUT2D eigenvalue weighted by molar-refractivity contribution is 9.10. The van der Waals surface area contributed by atoms with Crippen LogP contribution in [-0.2, 0) is 32.6 Å². The third-order valence-corrected chi connectivity index (χ3v) is 7.94. The van der Waals surface area contributed by atoms with E-state index in [0.29, 0.717) is 12.1 Å². The average Bonchev–Trinajstić information content (AvgIpc) is 2.85. The van der Waals surface area contributed by atoms with Gasteiger partial charge in [0.15, 0.2) is 0 Å². The van der Waals surface area contributed by atoms with Crippen molar-refractivity contribution >= 4 is 43.5 Å². The first kappa shape index (κ1) is 29.8. The number of anilines is 1. The van der Waals surface area contributed by atoms with E-state index in [-0.39, 0.29) is 37.4 Å².